The maximum atomic E-state index is 13.6. The zero-order chi connectivity index (χ0) is 14.6. The molecule has 6 heteroatoms. The van der Waals surface area contributed by atoms with Gasteiger partial charge in [-0.1, -0.05) is 11.8 Å². The van der Waals surface area contributed by atoms with Crippen LogP contribution < -0.4 is 4.72 Å². The fourth-order valence-corrected chi connectivity index (χ4v) is 3.03. The highest BCUT2D eigenvalue weighted by Crippen LogP contribution is 2.27. The van der Waals surface area contributed by atoms with Gasteiger partial charge in [-0.15, -0.1) is 0 Å². The summed E-state index contributed by atoms with van der Waals surface area (Å²) in [6, 6.07) is 4.32. The lowest BCUT2D eigenvalue weighted by Crippen LogP contribution is -2.27. The quantitative estimate of drug-likeness (QED) is 0.801. The third-order valence-corrected chi connectivity index (χ3v) is 4.84. The molecule has 0 aliphatic heterocycles. The molecule has 0 amide bonds. The molecule has 0 unspecified atom stereocenters. The van der Waals surface area contributed by atoms with E-state index in [4.69, 9.17) is 5.11 Å². The van der Waals surface area contributed by atoms with Gasteiger partial charge in [0.2, 0.25) is 10.0 Å². The van der Waals surface area contributed by atoms with Crippen LogP contribution in [0.2, 0.25) is 0 Å². The summed E-state index contributed by atoms with van der Waals surface area (Å²) < 4.78 is 39.4. The Balaban J connectivity index is 2.07. The molecule has 0 bridgehead atoms. The highest BCUT2D eigenvalue weighted by Gasteiger charge is 2.35. The van der Waals surface area contributed by atoms with Gasteiger partial charge in [0, 0.05) is 24.1 Å². The largest absolute Gasteiger partial charge is 0.395 e. The van der Waals surface area contributed by atoms with Crippen molar-refractivity contribution in [3.05, 3.63) is 35.1 Å². The van der Waals surface area contributed by atoms with Gasteiger partial charge in [-0.25, -0.2) is 17.5 Å². The molecular weight excluding hydrogens is 281 g/mol. The minimum absolute atomic E-state index is 0.0256. The molecule has 0 saturated heterocycles. The Labute approximate surface area is 118 Å². The van der Waals surface area contributed by atoms with Gasteiger partial charge in [0.15, 0.2) is 0 Å². The first-order chi connectivity index (χ1) is 9.53. The highest BCUT2D eigenvalue weighted by molar-refractivity contribution is 7.90. The average molecular weight is 297 g/mol. The summed E-state index contributed by atoms with van der Waals surface area (Å²) in [5.41, 5.74) is 0.866. The molecule has 0 atom stereocenters. The van der Waals surface area contributed by atoms with Crippen LogP contribution in [0.3, 0.4) is 0 Å². The normalized spacial score (nSPS) is 14.7. The standard InChI is InChI=1S/C14H16FNO3S/c15-14-7-4-11(3-1-2-8-17)9-12(14)10-16-20(18,19)13-5-6-13/h4,7,9,13,16-17H,2,5-6,8,10H2. The number of sulfonamides is 1. The van der Waals surface area contributed by atoms with E-state index in [-0.39, 0.29) is 24.0 Å². The van der Waals surface area contributed by atoms with E-state index < -0.39 is 15.8 Å². The zero-order valence-corrected chi connectivity index (χ0v) is 11.7. The van der Waals surface area contributed by atoms with Crippen LogP contribution in [0.15, 0.2) is 18.2 Å². The minimum atomic E-state index is -3.32. The average Bonchev–Trinajstić information content (AvgIpc) is 3.24. The van der Waals surface area contributed by atoms with Crippen LogP contribution in [0.25, 0.3) is 0 Å². The fraction of sp³-hybridized carbons (Fsp3) is 0.429. The Morgan fingerprint density at radius 3 is 2.80 bits per heavy atom. The Kier molecular flexibility index (Phi) is 4.76. The second kappa shape index (κ2) is 6.35. The molecule has 0 heterocycles. The second-order valence-electron chi connectivity index (χ2n) is 4.65. The molecule has 20 heavy (non-hydrogen) atoms. The van der Waals surface area contributed by atoms with E-state index >= 15 is 0 Å². The predicted molar refractivity (Wildman–Crippen MR) is 73.8 cm³/mol. The fourth-order valence-electron chi connectivity index (χ4n) is 1.68. The lowest BCUT2D eigenvalue weighted by Gasteiger charge is -2.07. The van der Waals surface area contributed by atoms with Crippen LogP contribution in [0, 0.1) is 17.7 Å². The van der Waals surface area contributed by atoms with Crippen molar-refractivity contribution < 1.29 is 17.9 Å². The summed E-state index contributed by atoms with van der Waals surface area (Å²) in [5, 5.41) is 8.31. The summed E-state index contributed by atoms with van der Waals surface area (Å²) in [4.78, 5) is 0. The van der Waals surface area contributed by atoms with Crippen LogP contribution in [0.5, 0.6) is 0 Å². The van der Waals surface area contributed by atoms with Gasteiger partial charge in [0.05, 0.1) is 11.9 Å². The molecule has 1 aromatic rings. The van der Waals surface area contributed by atoms with Crippen molar-refractivity contribution in [3.63, 3.8) is 0 Å². The van der Waals surface area contributed by atoms with E-state index in [2.05, 4.69) is 16.6 Å². The van der Waals surface area contributed by atoms with Gasteiger partial charge in [-0.05, 0) is 31.0 Å². The molecule has 0 radical (unpaired) electrons. The number of benzene rings is 1. The van der Waals surface area contributed by atoms with E-state index in [0.29, 0.717) is 24.8 Å². The molecule has 4 nitrogen and oxygen atoms in total. The van der Waals surface area contributed by atoms with Crippen molar-refractivity contribution in [1.82, 2.24) is 4.72 Å². The van der Waals surface area contributed by atoms with Crippen LogP contribution in [0.1, 0.15) is 30.4 Å². The summed E-state index contributed by atoms with van der Waals surface area (Å²) in [5.74, 6) is 5.07. The molecule has 1 saturated carbocycles. The Hall–Kier alpha value is -1.42. The SMILES string of the molecule is O=S(=O)(NCc1cc(C#CCCO)ccc1F)C1CC1. The third kappa shape index (κ3) is 4.04. The van der Waals surface area contributed by atoms with E-state index in [9.17, 15) is 12.8 Å². The van der Waals surface area contributed by atoms with Gasteiger partial charge < -0.3 is 5.11 Å². The van der Waals surface area contributed by atoms with Crippen LogP contribution in [0.4, 0.5) is 4.39 Å². The topological polar surface area (TPSA) is 66.4 Å². The minimum Gasteiger partial charge on any atom is -0.395 e. The predicted octanol–water partition coefficient (Wildman–Crippen LogP) is 1.14. The van der Waals surface area contributed by atoms with Crippen molar-refractivity contribution in [2.45, 2.75) is 31.1 Å². The second-order valence-corrected chi connectivity index (χ2v) is 6.69. The van der Waals surface area contributed by atoms with E-state index in [1.54, 1.807) is 0 Å². The van der Waals surface area contributed by atoms with Crippen molar-refractivity contribution in [2.75, 3.05) is 6.61 Å². The first kappa shape index (κ1) is 15.0. The van der Waals surface area contributed by atoms with Crippen LogP contribution in [-0.4, -0.2) is 25.4 Å². The number of aliphatic hydroxyl groups excluding tert-OH is 1. The number of halogens is 1. The molecule has 0 spiro atoms. The number of hydrogen-bond acceptors (Lipinski definition) is 3. The molecule has 1 aromatic carbocycles. The van der Waals surface area contributed by atoms with Gasteiger partial charge in [0.25, 0.3) is 0 Å². The zero-order valence-electron chi connectivity index (χ0n) is 10.9. The monoisotopic (exact) mass is 297 g/mol. The first-order valence-electron chi connectivity index (χ1n) is 6.39. The molecule has 1 fully saturated rings. The van der Waals surface area contributed by atoms with E-state index in [0.717, 1.165) is 0 Å². The molecule has 2 rings (SSSR count). The number of nitrogens with one attached hydrogen (secondary N) is 1. The molecule has 2 N–H and O–H groups in total. The van der Waals surface area contributed by atoms with Crippen LogP contribution in [-0.2, 0) is 16.6 Å². The molecule has 0 aromatic heterocycles. The number of aliphatic hydroxyl groups is 1. The lowest BCUT2D eigenvalue weighted by molar-refractivity contribution is 0.305. The van der Waals surface area contributed by atoms with Crippen molar-refractivity contribution in [1.29, 1.82) is 0 Å². The van der Waals surface area contributed by atoms with Gasteiger partial charge in [-0.2, -0.15) is 0 Å². The van der Waals surface area contributed by atoms with E-state index in [1.165, 1.54) is 18.2 Å². The third-order valence-electron chi connectivity index (χ3n) is 2.94. The van der Waals surface area contributed by atoms with Crippen molar-refractivity contribution >= 4 is 10.0 Å². The smallest absolute Gasteiger partial charge is 0.214 e. The van der Waals surface area contributed by atoms with Crippen molar-refractivity contribution in [2.24, 2.45) is 0 Å². The Morgan fingerprint density at radius 2 is 2.15 bits per heavy atom. The Morgan fingerprint density at radius 1 is 1.40 bits per heavy atom. The molecule has 1 aliphatic carbocycles. The van der Waals surface area contributed by atoms with Crippen molar-refractivity contribution in [3.8, 4) is 11.8 Å². The number of hydrogen-bond donors (Lipinski definition) is 2. The highest BCUT2D eigenvalue weighted by atomic mass is 32.2. The number of rotatable bonds is 5. The summed E-state index contributed by atoms with van der Waals surface area (Å²) in [6.45, 7) is -0.0948. The summed E-state index contributed by atoms with van der Waals surface area (Å²) >= 11 is 0. The maximum absolute atomic E-state index is 13.6. The van der Waals surface area contributed by atoms with E-state index in [1.807, 2.05) is 0 Å². The molecular formula is C14H16FNO3S. The Bertz CT molecular complexity index is 642. The van der Waals surface area contributed by atoms with Crippen LogP contribution >= 0.6 is 0 Å². The summed E-state index contributed by atoms with van der Waals surface area (Å²) in [7, 11) is -3.32. The van der Waals surface area contributed by atoms with Gasteiger partial charge in [0.1, 0.15) is 5.82 Å². The maximum Gasteiger partial charge on any atom is 0.214 e. The first-order valence-corrected chi connectivity index (χ1v) is 7.94. The lowest BCUT2D eigenvalue weighted by atomic mass is 10.1. The summed E-state index contributed by atoms with van der Waals surface area (Å²) in [6.07, 6.45) is 1.69. The molecule has 1 aliphatic rings. The van der Waals surface area contributed by atoms with Gasteiger partial charge >= 0.3 is 0 Å². The van der Waals surface area contributed by atoms with Gasteiger partial charge in [-0.3, -0.25) is 0 Å². The molecule has 108 valence electrons.